The Morgan fingerprint density at radius 1 is 1.53 bits per heavy atom. The summed E-state index contributed by atoms with van der Waals surface area (Å²) < 4.78 is 6.82. The average molecular weight is 253 g/mol. The van der Waals surface area contributed by atoms with Crippen molar-refractivity contribution >= 4 is 17.4 Å². The molecule has 0 radical (unpaired) electrons. The zero-order chi connectivity index (χ0) is 12.4. The van der Waals surface area contributed by atoms with Gasteiger partial charge in [-0.3, -0.25) is 4.79 Å². The number of hydrogen-bond donors (Lipinski definition) is 0. The molecule has 0 fully saturated rings. The van der Waals surface area contributed by atoms with Gasteiger partial charge in [-0.05, 0) is 19.9 Å². The van der Waals surface area contributed by atoms with Crippen molar-refractivity contribution in [3.8, 4) is 0 Å². The molecule has 2 rings (SSSR count). The summed E-state index contributed by atoms with van der Waals surface area (Å²) in [4.78, 5) is 11.6. The Morgan fingerprint density at radius 3 is 2.88 bits per heavy atom. The van der Waals surface area contributed by atoms with Crippen LogP contribution in [0.4, 0.5) is 0 Å². The molecule has 0 atom stereocenters. The molecule has 4 nitrogen and oxygen atoms in total. The van der Waals surface area contributed by atoms with Gasteiger partial charge in [-0.1, -0.05) is 5.16 Å². The van der Waals surface area contributed by atoms with Gasteiger partial charge in [0.15, 0.2) is 5.78 Å². The molecule has 0 unspecified atom stereocenters. The number of halogens is 1. The van der Waals surface area contributed by atoms with Crippen LogP contribution >= 0.6 is 11.6 Å². The number of Topliss-reactive ketones (excluding diaryl/α,β-unsaturated/α-hetero) is 1. The van der Waals surface area contributed by atoms with Crippen molar-refractivity contribution < 1.29 is 9.32 Å². The van der Waals surface area contributed by atoms with E-state index in [9.17, 15) is 4.79 Å². The van der Waals surface area contributed by atoms with Gasteiger partial charge in [0.25, 0.3) is 0 Å². The maximum absolute atomic E-state index is 11.6. The summed E-state index contributed by atoms with van der Waals surface area (Å²) in [5.74, 6) is -0.0417. The van der Waals surface area contributed by atoms with Gasteiger partial charge >= 0.3 is 0 Å². The number of alkyl halides is 1. The second-order valence-electron chi connectivity index (χ2n) is 3.92. The van der Waals surface area contributed by atoms with E-state index in [-0.39, 0.29) is 11.7 Å². The molecule has 90 valence electrons. The molecule has 2 aromatic rings. The van der Waals surface area contributed by atoms with Crippen LogP contribution in [0.5, 0.6) is 0 Å². The first kappa shape index (κ1) is 11.9. The number of aryl methyl sites for hydroxylation is 1. The molecular weight excluding hydrogens is 240 g/mol. The predicted molar refractivity (Wildman–Crippen MR) is 64.6 cm³/mol. The molecule has 0 aliphatic heterocycles. The maximum Gasteiger partial charge on any atom is 0.179 e. The molecule has 2 heterocycles. The molecule has 5 heteroatoms. The number of hydrogen-bond acceptors (Lipinski definition) is 3. The highest BCUT2D eigenvalue weighted by molar-refractivity contribution is 6.30. The van der Waals surface area contributed by atoms with E-state index < -0.39 is 0 Å². The lowest BCUT2D eigenvalue weighted by Gasteiger charge is -2.06. The van der Waals surface area contributed by atoms with Gasteiger partial charge in [0.05, 0.1) is 12.4 Å². The van der Waals surface area contributed by atoms with E-state index in [1.165, 1.54) is 6.26 Å². The number of nitrogens with zero attached hydrogens (tertiary/aromatic N) is 2. The summed E-state index contributed by atoms with van der Waals surface area (Å²) in [7, 11) is 0. The summed E-state index contributed by atoms with van der Waals surface area (Å²) in [6.45, 7) is 4.47. The Balaban J connectivity index is 2.35. The first-order valence-corrected chi connectivity index (χ1v) is 5.82. The molecule has 17 heavy (non-hydrogen) atoms. The van der Waals surface area contributed by atoms with Crippen LogP contribution in [-0.2, 0) is 6.54 Å². The Hall–Kier alpha value is -1.55. The van der Waals surface area contributed by atoms with Gasteiger partial charge in [0.2, 0.25) is 0 Å². The van der Waals surface area contributed by atoms with Gasteiger partial charge in [-0.15, -0.1) is 11.6 Å². The Bertz CT molecular complexity index is 529. The van der Waals surface area contributed by atoms with Crippen LogP contribution in [0.1, 0.15) is 27.4 Å². The number of rotatable bonds is 4. The predicted octanol–water partition coefficient (Wildman–Crippen LogP) is 2.56. The Labute approximate surface area is 104 Å². The van der Waals surface area contributed by atoms with Crippen molar-refractivity contribution in [3.63, 3.8) is 0 Å². The minimum Gasteiger partial charge on any atom is -0.364 e. The Morgan fingerprint density at radius 2 is 2.29 bits per heavy atom. The second-order valence-corrected chi connectivity index (χ2v) is 4.19. The van der Waals surface area contributed by atoms with Crippen molar-refractivity contribution in [2.24, 2.45) is 0 Å². The SMILES string of the molecule is Cc1cc(C(=O)CCl)c(C)n1Cc1ccon1. The summed E-state index contributed by atoms with van der Waals surface area (Å²) in [5.41, 5.74) is 3.44. The number of ketones is 1. The molecule has 0 aromatic carbocycles. The summed E-state index contributed by atoms with van der Waals surface area (Å²) in [6, 6.07) is 3.67. The number of aromatic nitrogens is 2. The zero-order valence-corrected chi connectivity index (χ0v) is 10.5. The number of carbonyl (C=O) groups excluding carboxylic acids is 1. The molecule has 2 aromatic heterocycles. The van der Waals surface area contributed by atoms with Crippen molar-refractivity contribution in [1.82, 2.24) is 9.72 Å². The van der Waals surface area contributed by atoms with Gasteiger partial charge in [-0.2, -0.15) is 0 Å². The third-order valence-corrected chi connectivity index (χ3v) is 3.05. The van der Waals surface area contributed by atoms with E-state index in [4.69, 9.17) is 16.1 Å². The highest BCUT2D eigenvalue weighted by Gasteiger charge is 2.15. The monoisotopic (exact) mass is 252 g/mol. The third-order valence-electron chi connectivity index (χ3n) is 2.81. The normalized spacial score (nSPS) is 10.8. The van der Waals surface area contributed by atoms with Crippen LogP contribution in [0, 0.1) is 13.8 Å². The molecule has 0 N–H and O–H groups in total. The molecular formula is C12H13ClN2O2. The largest absolute Gasteiger partial charge is 0.364 e. The summed E-state index contributed by atoms with van der Waals surface area (Å²) in [5, 5.41) is 3.86. The van der Waals surface area contributed by atoms with Gasteiger partial charge < -0.3 is 9.09 Å². The first-order chi connectivity index (χ1) is 8.13. The van der Waals surface area contributed by atoms with Crippen molar-refractivity contribution in [2.75, 3.05) is 5.88 Å². The molecule has 0 aliphatic carbocycles. The average Bonchev–Trinajstić information content (AvgIpc) is 2.91. The zero-order valence-electron chi connectivity index (χ0n) is 9.74. The number of carbonyl (C=O) groups is 1. The minimum atomic E-state index is -0.0498. The van der Waals surface area contributed by atoms with Crippen LogP contribution in [0.25, 0.3) is 0 Å². The lowest BCUT2D eigenvalue weighted by molar-refractivity contribution is 0.102. The van der Waals surface area contributed by atoms with Gasteiger partial charge in [0.1, 0.15) is 12.0 Å². The highest BCUT2D eigenvalue weighted by Crippen LogP contribution is 2.17. The Kier molecular flexibility index (Phi) is 3.33. The highest BCUT2D eigenvalue weighted by atomic mass is 35.5. The van der Waals surface area contributed by atoms with Gasteiger partial charge in [-0.25, -0.2) is 0 Å². The van der Waals surface area contributed by atoms with Crippen LogP contribution in [0.2, 0.25) is 0 Å². The lowest BCUT2D eigenvalue weighted by Crippen LogP contribution is -2.07. The smallest absolute Gasteiger partial charge is 0.179 e. The molecule has 0 bridgehead atoms. The fourth-order valence-corrected chi connectivity index (χ4v) is 2.02. The van der Waals surface area contributed by atoms with E-state index in [1.54, 1.807) is 0 Å². The van der Waals surface area contributed by atoms with Crippen LogP contribution in [0.15, 0.2) is 22.9 Å². The van der Waals surface area contributed by atoms with Gasteiger partial charge in [0, 0.05) is 23.0 Å². The lowest BCUT2D eigenvalue weighted by atomic mass is 10.2. The van der Waals surface area contributed by atoms with E-state index >= 15 is 0 Å². The van der Waals surface area contributed by atoms with Crippen LogP contribution in [0.3, 0.4) is 0 Å². The first-order valence-electron chi connectivity index (χ1n) is 5.28. The second kappa shape index (κ2) is 4.75. The van der Waals surface area contributed by atoms with Crippen LogP contribution in [-0.4, -0.2) is 21.4 Å². The topological polar surface area (TPSA) is 48.0 Å². The van der Waals surface area contributed by atoms with Crippen LogP contribution < -0.4 is 0 Å². The van der Waals surface area contributed by atoms with Crippen molar-refractivity contribution in [1.29, 1.82) is 0 Å². The molecule has 0 amide bonds. The molecule has 0 aliphatic rings. The van der Waals surface area contributed by atoms with E-state index in [0.717, 1.165) is 17.1 Å². The van der Waals surface area contributed by atoms with Crippen molar-refractivity contribution in [2.45, 2.75) is 20.4 Å². The van der Waals surface area contributed by atoms with E-state index in [2.05, 4.69) is 5.16 Å². The standard InChI is InChI=1S/C12H13ClN2O2/c1-8-5-11(12(16)6-13)9(2)15(8)7-10-3-4-17-14-10/h3-5H,6-7H2,1-2H3. The summed E-state index contributed by atoms with van der Waals surface area (Å²) in [6.07, 6.45) is 1.54. The molecule has 0 saturated heterocycles. The fraction of sp³-hybridized carbons (Fsp3) is 0.333. The van der Waals surface area contributed by atoms with E-state index in [1.807, 2.05) is 30.5 Å². The third kappa shape index (κ3) is 2.26. The maximum atomic E-state index is 11.6. The fourth-order valence-electron chi connectivity index (χ4n) is 1.88. The van der Waals surface area contributed by atoms with Crippen molar-refractivity contribution in [3.05, 3.63) is 41.0 Å². The minimum absolute atomic E-state index is 0.00819. The molecule has 0 spiro atoms. The summed E-state index contributed by atoms with van der Waals surface area (Å²) >= 11 is 5.58. The van der Waals surface area contributed by atoms with E-state index in [0.29, 0.717) is 12.1 Å². The molecule has 0 saturated carbocycles. The quantitative estimate of drug-likeness (QED) is 0.621.